The van der Waals surface area contributed by atoms with Crippen LogP contribution in [0.1, 0.15) is 33.4 Å². The van der Waals surface area contributed by atoms with Crippen LogP contribution in [0.25, 0.3) is 33.4 Å². The summed E-state index contributed by atoms with van der Waals surface area (Å²) in [6.45, 7) is 0. The Labute approximate surface area is 283 Å². The summed E-state index contributed by atoms with van der Waals surface area (Å²) in [5, 5.41) is 0. The van der Waals surface area contributed by atoms with Crippen LogP contribution in [0.2, 0.25) is 0 Å². The van der Waals surface area contributed by atoms with E-state index in [1.54, 1.807) is 0 Å². The summed E-state index contributed by atoms with van der Waals surface area (Å²) in [6.07, 6.45) is 0. The van der Waals surface area contributed by atoms with E-state index in [0.29, 0.717) is 0 Å². The molecule has 0 saturated carbocycles. The molecular weight excluding hydrogens is 577 g/mol. The lowest BCUT2D eigenvalue weighted by Crippen LogP contribution is -1.91. The molecule has 0 bridgehead atoms. The van der Waals surface area contributed by atoms with Gasteiger partial charge >= 0.3 is 0 Å². The van der Waals surface area contributed by atoms with Gasteiger partial charge in [0.15, 0.2) is 0 Å². The van der Waals surface area contributed by atoms with Crippen LogP contribution in [0.4, 0.5) is 0 Å². The Bertz CT molecular complexity index is 2210. The van der Waals surface area contributed by atoms with Gasteiger partial charge in [0.05, 0.1) is 0 Å². The Kier molecular flexibility index (Phi) is 9.06. The van der Waals surface area contributed by atoms with Gasteiger partial charge in [-0.2, -0.15) is 0 Å². The molecule has 0 radical (unpaired) electrons. The van der Waals surface area contributed by atoms with E-state index in [2.05, 4.69) is 127 Å². The summed E-state index contributed by atoms with van der Waals surface area (Å²) in [6, 6.07) is 62.4. The monoisotopic (exact) mass is 606 g/mol. The molecule has 0 amide bonds. The Hall–Kier alpha value is -6.78. The van der Waals surface area contributed by atoms with Gasteiger partial charge in [0, 0.05) is 33.4 Å². The lowest BCUT2D eigenvalue weighted by atomic mass is 9.87. The van der Waals surface area contributed by atoms with Crippen molar-refractivity contribution in [2.24, 2.45) is 0 Å². The highest BCUT2D eigenvalue weighted by Gasteiger charge is 2.14. The fourth-order valence-electron chi connectivity index (χ4n) is 5.53. The van der Waals surface area contributed by atoms with Crippen molar-refractivity contribution in [2.75, 3.05) is 0 Å². The van der Waals surface area contributed by atoms with E-state index in [0.717, 1.165) is 61.2 Å². The highest BCUT2D eigenvalue weighted by atomic mass is 14.2. The third-order valence-electron chi connectivity index (χ3n) is 8.00. The second-order valence-corrected chi connectivity index (χ2v) is 11.3. The molecule has 7 aromatic rings. The van der Waals surface area contributed by atoms with Crippen molar-refractivity contribution >= 4 is 0 Å². The molecule has 48 heavy (non-hydrogen) atoms. The van der Waals surface area contributed by atoms with Gasteiger partial charge in [-0.3, -0.25) is 0 Å². The number of rotatable bonds is 3. The molecule has 0 N–H and O–H groups in total. The van der Waals surface area contributed by atoms with Crippen LogP contribution in [-0.2, 0) is 0 Å². The molecule has 0 fully saturated rings. The molecule has 0 heterocycles. The fraction of sp³-hybridized carbons (Fsp3) is 0. The van der Waals surface area contributed by atoms with Crippen molar-refractivity contribution < 1.29 is 0 Å². The van der Waals surface area contributed by atoms with Gasteiger partial charge in [-0.25, -0.2) is 0 Å². The maximum atomic E-state index is 3.32. The largest absolute Gasteiger partial charge is 0.0622 e. The molecule has 0 unspecified atom stereocenters. The summed E-state index contributed by atoms with van der Waals surface area (Å²) >= 11 is 0. The molecule has 0 aliphatic heterocycles. The Balaban J connectivity index is 1.26. The quantitative estimate of drug-likeness (QED) is 0.176. The summed E-state index contributed by atoms with van der Waals surface area (Å²) in [4.78, 5) is 0. The molecule has 0 aliphatic rings. The van der Waals surface area contributed by atoms with E-state index in [1.807, 2.05) is 91.0 Å². The van der Waals surface area contributed by atoms with Gasteiger partial charge in [-0.05, 0) is 106 Å². The summed E-state index contributed by atoms with van der Waals surface area (Å²) in [7, 11) is 0. The first-order valence-corrected chi connectivity index (χ1v) is 15.9. The first-order valence-electron chi connectivity index (χ1n) is 15.9. The first-order chi connectivity index (χ1) is 23.8. The van der Waals surface area contributed by atoms with E-state index in [-0.39, 0.29) is 0 Å². The second kappa shape index (κ2) is 14.5. The van der Waals surface area contributed by atoms with Crippen LogP contribution >= 0.6 is 0 Å². The van der Waals surface area contributed by atoms with Crippen molar-refractivity contribution in [1.29, 1.82) is 0 Å². The maximum absolute atomic E-state index is 3.32. The Morgan fingerprint density at radius 2 is 0.479 bits per heavy atom. The molecule has 0 spiro atoms. The molecule has 0 atom stereocenters. The van der Waals surface area contributed by atoms with Crippen molar-refractivity contribution in [2.45, 2.75) is 0 Å². The third-order valence-corrected chi connectivity index (χ3v) is 8.00. The van der Waals surface area contributed by atoms with Gasteiger partial charge in [0.25, 0.3) is 0 Å². The minimum absolute atomic E-state index is 0.976. The number of benzene rings is 7. The Morgan fingerprint density at radius 3 is 0.792 bits per heavy atom. The van der Waals surface area contributed by atoms with E-state index in [4.69, 9.17) is 0 Å². The molecular formula is C48H30. The smallest absolute Gasteiger partial charge is 0.0249 e. The van der Waals surface area contributed by atoms with Gasteiger partial charge in [0.1, 0.15) is 0 Å². The van der Waals surface area contributed by atoms with Crippen LogP contribution < -0.4 is 0 Å². The zero-order valence-electron chi connectivity index (χ0n) is 26.3. The molecule has 0 heteroatoms. The third kappa shape index (κ3) is 7.36. The minimum Gasteiger partial charge on any atom is -0.0622 e. The van der Waals surface area contributed by atoms with Gasteiger partial charge in [-0.1, -0.05) is 145 Å². The molecule has 0 saturated heterocycles. The highest BCUT2D eigenvalue weighted by molar-refractivity contribution is 5.94. The SMILES string of the molecule is C(#Cc1ccc(-c2cccc(-c3ccc(C#Cc4ccccc4)cc3)c2-c2ccc(C#Cc3ccccc3)cc2)cc1)c1ccccc1. The van der Waals surface area contributed by atoms with Crippen LogP contribution in [0.5, 0.6) is 0 Å². The normalized spacial score (nSPS) is 10.0. The van der Waals surface area contributed by atoms with Gasteiger partial charge < -0.3 is 0 Å². The average Bonchev–Trinajstić information content (AvgIpc) is 3.17. The lowest BCUT2D eigenvalue weighted by Gasteiger charge is -2.17. The van der Waals surface area contributed by atoms with Crippen molar-refractivity contribution in [1.82, 2.24) is 0 Å². The van der Waals surface area contributed by atoms with Gasteiger partial charge in [0.2, 0.25) is 0 Å². The van der Waals surface area contributed by atoms with Crippen molar-refractivity contribution in [3.05, 3.63) is 215 Å². The maximum Gasteiger partial charge on any atom is 0.0249 e. The zero-order valence-corrected chi connectivity index (χ0v) is 26.3. The predicted octanol–water partition coefficient (Wildman–Crippen LogP) is 10.9. The van der Waals surface area contributed by atoms with Crippen LogP contribution in [0, 0.1) is 35.5 Å². The van der Waals surface area contributed by atoms with Crippen LogP contribution in [0.3, 0.4) is 0 Å². The van der Waals surface area contributed by atoms with Crippen LogP contribution in [0.15, 0.2) is 182 Å². The standard InChI is InChI=1S/C48H30/c1-4-11-37(12-5-1)19-22-40-25-31-43(32-26-40)46-17-10-18-47(44-33-27-41(28-34-44)23-20-38-13-6-2-7-14-38)48(46)45-35-29-42(30-36-45)24-21-39-15-8-3-9-16-39/h1-18,25-36H. The summed E-state index contributed by atoms with van der Waals surface area (Å²) < 4.78 is 0. The Morgan fingerprint density at radius 1 is 0.208 bits per heavy atom. The van der Waals surface area contributed by atoms with E-state index < -0.39 is 0 Å². The molecule has 222 valence electrons. The van der Waals surface area contributed by atoms with Crippen LogP contribution in [-0.4, -0.2) is 0 Å². The lowest BCUT2D eigenvalue weighted by molar-refractivity contribution is 1.53. The molecule has 7 aromatic carbocycles. The first kappa shape index (κ1) is 29.9. The van der Waals surface area contributed by atoms with E-state index in [9.17, 15) is 0 Å². The topological polar surface area (TPSA) is 0 Å². The fourth-order valence-corrected chi connectivity index (χ4v) is 5.53. The van der Waals surface area contributed by atoms with Gasteiger partial charge in [-0.15, -0.1) is 0 Å². The van der Waals surface area contributed by atoms with E-state index >= 15 is 0 Å². The molecule has 0 nitrogen and oxygen atoms in total. The number of hydrogen-bond acceptors (Lipinski definition) is 0. The van der Waals surface area contributed by atoms with E-state index in [1.165, 1.54) is 5.56 Å². The summed E-state index contributed by atoms with van der Waals surface area (Å²) in [5.41, 5.74) is 12.8. The van der Waals surface area contributed by atoms with Crippen molar-refractivity contribution in [3.63, 3.8) is 0 Å². The average molecular weight is 607 g/mol. The highest BCUT2D eigenvalue weighted by Crippen LogP contribution is 2.40. The van der Waals surface area contributed by atoms with Crippen molar-refractivity contribution in [3.8, 4) is 68.9 Å². The summed E-state index contributed by atoms with van der Waals surface area (Å²) in [5.74, 6) is 19.7. The zero-order chi connectivity index (χ0) is 32.4. The molecule has 7 rings (SSSR count). The molecule has 0 aromatic heterocycles. The minimum atomic E-state index is 0.976. The second-order valence-electron chi connectivity index (χ2n) is 11.3. The number of hydrogen-bond donors (Lipinski definition) is 0. The predicted molar refractivity (Wildman–Crippen MR) is 200 cm³/mol. The molecule has 0 aliphatic carbocycles.